The summed E-state index contributed by atoms with van der Waals surface area (Å²) in [6.07, 6.45) is 5.87. The molecule has 0 spiro atoms. The molecule has 0 bridgehead atoms. The van der Waals surface area contributed by atoms with Crippen molar-refractivity contribution in [3.05, 3.63) is 23.8 Å². The number of nitrogens with zero attached hydrogens (tertiary/aromatic N) is 4. The summed E-state index contributed by atoms with van der Waals surface area (Å²) in [4.78, 5) is 4.39. The van der Waals surface area contributed by atoms with E-state index in [2.05, 4.69) is 26.7 Å². The summed E-state index contributed by atoms with van der Waals surface area (Å²) in [5.74, 6) is 0.932. The molecule has 0 radical (unpaired) electrons. The molecule has 2 aromatic heterocycles. The lowest BCUT2D eigenvalue weighted by atomic mass is 10.3. The number of rotatable bonds is 5. The van der Waals surface area contributed by atoms with Gasteiger partial charge in [0.15, 0.2) is 0 Å². The van der Waals surface area contributed by atoms with Crippen molar-refractivity contribution in [1.29, 1.82) is 0 Å². The summed E-state index contributed by atoms with van der Waals surface area (Å²) < 4.78 is 6.06. The van der Waals surface area contributed by atoms with E-state index in [0.29, 0.717) is 0 Å². The Morgan fingerprint density at radius 1 is 1.50 bits per heavy atom. The Bertz CT molecular complexity index is 448. The maximum atomic E-state index is 4.39. The average Bonchev–Trinajstić information content (AvgIpc) is 2.85. The molecular formula is C10H15N5S. The van der Waals surface area contributed by atoms with Crippen LogP contribution in [0.25, 0.3) is 0 Å². The minimum absolute atomic E-state index is 0.745. The van der Waals surface area contributed by atoms with Gasteiger partial charge in [-0.3, -0.25) is 4.68 Å². The van der Waals surface area contributed by atoms with E-state index >= 15 is 0 Å². The van der Waals surface area contributed by atoms with Crippen LogP contribution in [0, 0.1) is 0 Å². The molecule has 0 fully saturated rings. The fraction of sp³-hybridized carbons (Fsp3) is 0.500. The molecule has 0 aliphatic rings. The van der Waals surface area contributed by atoms with Crippen LogP contribution in [-0.2, 0) is 20.0 Å². The molecule has 0 aliphatic carbocycles. The van der Waals surface area contributed by atoms with Crippen molar-refractivity contribution in [2.24, 2.45) is 7.05 Å². The second-order valence-corrected chi connectivity index (χ2v) is 4.39. The molecule has 0 unspecified atom stereocenters. The predicted molar refractivity (Wildman–Crippen MR) is 64.4 cm³/mol. The summed E-state index contributed by atoms with van der Waals surface area (Å²) in [5, 5.41) is 8.23. The van der Waals surface area contributed by atoms with Crippen LogP contribution < -0.4 is 5.32 Å². The lowest BCUT2D eigenvalue weighted by Gasteiger charge is -1.97. The molecule has 86 valence electrons. The highest BCUT2D eigenvalue weighted by Gasteiger charge is 2.03. The molecule has 0 saturated carbocycles. The second-order valence-electron chi connectivity index (χ2n) is 3.64. The first-order chi connectivity index (χ1) is 7.78. The third-order valence-electron chi connectivity index (χ3n) is 2.14. The number of hydrogen-bond acceptors (Lipinski definition) is 5. The largest absolute Gasteiger partial charge is 0.356 e. The Kier molecular flexibility index (Phi) is 3.51. The lowest BCUT2D eigenvalue weighted by molar-refractivity contribution is 0.767. The topological polar surface area (TPSA) is 55.6 Å². The zero-order valence-corrected chi connectivity index (χ0v) is 10.3. The third-order valence-corrected chi connectivity index (χ3v) is 2.85. The standard InChI is InChI=1S/C10H15N5S/c1-3-4-9-13-10(16-14-9)11-5-8-6-12-15(2)7-8/h6-7H,3-5H2,1-2H3,(H,11,13,14). The SMILES string of the molecule is CCCc1nsc(NCc2cnn(C)c2)n1. The number of nitrogens with one attached hydrogen (secondary N) is 1. The van der Waals surface area contributed by atoms with Crippen LogP contribution in [0.1, 0.15) is 24.7 Å². The van der Waals surface area contributed by atoms with E-state index in [9.17, 15) is 0 Å². The fourth-order valence-corrected chi connectivity index (χ4v) is 2.00. The van der Waals surface area contributed by atoms with Gasteiger partial charge in [-0.1, -0.05) is 6.92 Å². The third kappa shape index (κ3) is 2.79. The Balaban J connectivity index is 1.89. The first-order valence-electron chi connectivity index (χ1n) is 5.32. The first kappa shape index (κ1) is 11.1. The molecular weight excluding hydrogens is 222 g/mol. The van der Waals surface area contributed by atoms with E-state index in [0.717, 1.165) is 35.9 Å². The lowest BCUT2D eigenvalue weighted by Crippen LogP contribution is -1.98. The van der Waals surface area contributed by atoms with Crippen molar-refractivity contribution < 1.29 is 0 Å². The Morgan fingerprint density at radius 3 is 3.06 bits per heavy atom. The zero-order chi connectivity index (χ0) is 11.4. The second kappa shape index (κ2) is 5.07. The van der Waals surface area contributed by atoms with Crippen molar-refractivity contribution in [3.8, 4) is 0 Å². The number of aryl methyl sites for hydroxylation is 2. The summed E-state index contributed by atoms with van der Waals surface area (Å²) in [6, 6.07) is 0. The van der Waals surface area contributed by atoms with Gasteiger partial charge in [-0.25, -0.2) is 4.98 Å². The van der Waals surface area contributed by atoms with Gasteiger partial charge in [0.05, 0.1) is 6.20 Å². The monoisotopic (exact) mass is 237 g/mol. The normalized spacial score (nSPS) is 10.6. The quantitative estimate of drug-likeness (QED) is 0.862. The van der Waals surface area contributed by atoms with Gasteiger partial charge in [-0.15, -0.1) is 0 Å². The minimum Gasteiger partial charge on any atom is -0.356 e. The number of hydrogen-bond donors (Lipinski definition) is 1. The van der Waals surface area contributed by atoms with Crippen LogP contribution in [0.5, 0.6) is 0 Å². The number of anilines is 1. The smallest absolute Gasteiger partial charge is 0.202 e. The van der Waals surface area contributed by atoms with E-state index in [4.69, 9.17) is 0 Å². The Morgan fingerprint density at radius 2 is 2.38 bits per heavy atom. The molecule has 2 aromatic rings. The van der Waals surface area contributed by atoms with Gasteiger partial charge in [-0.05, 0) is 6.42 Å². The summed E-state index contributed by atoms with van der Waals surface area (Å²) in [5.41, 5.74) is 1.15. The Labute approximate surface area is 98.7 Å². The molecule has 5 nitrogen and oxygen atoms in total. The highest BCUT2D eigenvalue weighted by Crippen LogP contribution is 2.13. The van der Waals surface area contributed by atoms with Gasteiger partial charge < -0.3 is 5.32 Å². The van der Waals surface area contributed by atoms with Crippen molar-refractivity contribution in [2.75, 3.05) is 5.32 Å². The molecule has 0 saturated heterocycles. The van der Waals surface area contributed by atoms with E-state index in [1.165, 1.54) is 11.5 Å². The summed E-state index contributed by atoms with van der Waals surface area (Å²) in [7, 11) is 1.91. The van der Waals surface area contributed by atoms with Gasteiger partial charge in [0, 0.05) is 43.3 Å². The first-order valence-corrected chi connectivity index (χ1v) is 6.09. The predicted octanol–water partition coefficient (Wildman–Crippen LogP) is 1.84. The van der Waals surface area contributed by atoms with Crippen LogP contribution in [0.4, 0.5) is 5.13 Å². The van der Waals surface area contributed by atoms with Crippen LogP contribution in [0.2, 0.25) is 0 Å². The molecule has 0 amide bonds. The molecule has 16 heavy (non-hydrogen) atoms. The fourth-order valence-electron chi connectivity index (χ4n) is 1.39. The molecule has 0 atom stereocenters. The van der Waals surface area contributed by atoms with Crippen molar-refractivity contribution in [2.45, 2.75) is 26.3 Å². The van der Waals surface area contributed by atoms with Crippen LogP contribution in [0.15, 0.2) is 12.4 Å². The van der Waals surface area contributed by atoms with Crippen LogP contribution in [-0.4, -0.2) is 19.1 Å². The van der Waals surface area contributed by atoms with Gasteiger partial charge in [0.25, 0.3) is 0 Å². The molecule has 0 aromatic carbocycles. The van der Waals surface area contributed by atoms with Gasteiger partial charge in [0.1, 0.15) is 5.82 Å². The van der Waals surface area contributed by atoms with Gasteiger partial charge >= 0.3 is 0 Å². The summed E-state index contributed by atoms with van der Waals surface area (Å²) >= 11 is 1.42. The molecule has 1 N–H and O–H groups in total. The van der Waals surface area contributed by atoms with Crippen LogP contribution >= 0.6 is 11.5 Å². The van der Waals surface area contributed by atoms with Crippen molar-refractivity contribution >= 4 is 16.7 Å². The molecule has 6 heteroatoms. The van der Waals surface area contributed by atoms with E-state index in [-0.39, 0.29) is 0 Å². The maximum Gasteiger partial charge on any atom is 0.202 e. The van der Waals surface area contributed by atoms with E-state index in [1.807, 2.05) is 19.4 Å². The van der Waals surface area contributed by atoms with Crippen molar-refractivity contribution in [3.63, 3.8) is 0 Å². The average molecular weight is 237 g/mol. The Hall–Kier alpha value is -1.43. The van der Waals surface area contributed by atoms with E-state index in [1.54, 1.807) is 4.68 Å². The molecule has 0 aliphatic heterocycles. The zero-order valence-electron chi connectivity index (χ0n) is 9.47. The minimum atomic E-state index is 0.745. The maximum absolute atomic E-state index is 4.39. The summed E-state index contributed by atoms with van der Waals surface area (Å²) in [6.45, 7) is 2.87. The van der Waals surface area contributed by atoms with Crippen molar-refractivity contribution in [1.82, 2.24) is 19.1 Å². The molecule has 2 rings (SSSR count). The van der Waals surface area contributed by atoms with Gasteiger partial charge in [-0.2, -0.15) is 9.47 Å². The highest BCUT2D eigenvalue weighted by molar-refractivity contribution is 7.09. The molecule has 2 heterocycles. The number of aromatic nitrogens is 4. The van der Waals surface area contributed by atoms with E-state index < -0.39 is 0 Å². The van der Waals surface area contributed by atoms with Gasteiger partial charge in [0.2, 0.25) is 5.13 Å². The highest BCUT2D eigenvalue weighted by atomic mass is 32.1. The van der Waals surface area contributed by atoms with Crippen LogP contribution in [0.3, 0.4) is 0 Å².